The molecule has 14 heteroatoms. The van der Waals surface area contributed by atoms with Crippen LogP contribution in [-0.2, 0) is 10.4 Å². The van der Waals surface area contributed by atoms with Crippen LogP contribution in [0.2, 0.25) is 10.0 Å². The lowest BCUT2D eigenvalue weighted by atomic mass is 9.84. The maximum absolute atomic E-state index is 13.7. The van der Waals surface area contributed by atoms with Crippen LogP contribution in [0.1, 0.15) is 39.5 Å². The van der Waals surface area contributed by atoms with Crippen LogP contribution < -0.4 is 16.4 Å². The smallest absolute Gasteiger partial charge is 0.376 e. The number of alkyl halides is 6. The van der Waals surface area contributed by atoms with Crippen molar-refractivity contribution < 1.29 is 41.0 Å². The number of rotatable bonds is 8. The zero-order chi connectivity index (χ0) is 28.6. The predicted molar refractivity (Wildman–Crippen MR) is 128 cm³/mol. The van der Waals surface area contributed by atoms with Crippen molar-refractivity contribution in [2.24, 2.45) is 5.73 Å². The van der Waals surface area contributed by atoms with Gasteiger partial charge in [-0.2, -0.15) is 26.3 Å². The average molecular weight is 576 g/mol. The van der Waals surface area contributed by atoms with Crippen molar-refractivity contribution in [3.8, 4) is 0 Å². The minimum absolute atomic E-state index is 0.0325. The molecule has 0 aliphatic heterocycles. The van der Waals surface area contributed by atoms with Crippen molar-refractivity contribution in [2.45, 2.75) is 37.3 Å². The first kappa shape index (κ1) is 32.6. The van der Waals surface area contributed by atoms with E-state index in [9.17, 15) is 41.0 Å². The Balaban J connectivity index is 0.000000525. The molecular weight excluding hydrogens is 551 g/mol. The van der Waals surface area contributed by atoms with Gasteiger partial charge in [0.05, 0.1) is 6.54 Å². The van der Waals surface area contributed by atoms with Crippen molar-refractivity contribution in [3.63, 3.8) is 0 Å². The van der Waals surface area contributed by atoms with Gasteiger partial charge in [0.2, 0.25) is 5.91 Å². The molecule has 206 valence electrons. The average Bonchev–Trinajstić information content (AvgIpc) is 2.76. The summed E-state index contributed by atoms with van der Waals surface area (Å²) in [7, 11) is 1.48. The number of aldehydes is 1. The monoisotopic (exact) mass is 575 g/mol. The Bertz CT molecular complexity index is 1060. The lowest BCUT2D eigenvalue weighted by Gasteiger charge is -2.33. The van der Waals surface area contributed by atoms with Gasteiger partial charge in [0.15, 0.2) is 5.60 Å². The zero-order valence-electron chi connectivity index (χ0n) is 19.6. The second kappa shape index (κ2) is 13.4. The third kappa shape index (κ3) is 10.1. The van der Waals surface area contributed by atoms with E-state index in [4.69, 9.17) is 28.9 Å². The van der Waals surface area contributed by atoms with Crippen LogP contribution in [0.4, 0.5) is 26.3 Å². The standard InChI is InChI=1S/C18H16Cl2F3NO2.C5H9F3N2O/c1-10-4-11(2-3-12(10)9-25)16(24)8-17(26,18(21,22)23)13-5-14(19)7-15(20)6-13;1-9-2-4(11)10-3-5(6,7)8/h2-7,9,16,26H,8,24H2,1H3;9H,2-3H2,1H3,(H,10,11). The van der Waals surface area contributed by atoms with Crippen molar-refractivity contribution in [2.75, 3.05) is 20.1 Å². The first-order valence-electron chi connectivity index (χ1n) is 10.5. The Hall–Kier alpha value is -2.38. The molecule has 0 fully saturated rings. The number of carbonyl (C=O) groups is 2. The number of aryl methyl sites for hydroxylation is 1. The Morgan fingerprint density at radius 2 is 1.65 bits per heavy atom. The first-order chi connectivity index (χ1) is 16.9. The summed E-state index contributed by atoms with van der Waals surface area (Å²) in [6.07, 6.45) is -9.53. The lowest BCUT2D eigenvalue weighted by Crippen LogP contribution is -2.44. The summed E-state index contributed by atoms with van der Waals surface area (Å²) in [5.41, 5.74) is 3.57. The largest absolute Gasteiger partial charge is 0.421 e. The molecule has 6 nitrogen and oxygen atoms in total. The number of hydrogen-bond acceptors (Lipinski definition) is 5. The van der Waals surface area contributed by atoms with E-state index in [2.05, 4.69) is 5.32 Å². The predicted octanol–water partition coefficient (Wildman–Crippen LogP) is 4.84. The van der Waals surface area contributed by atoms with Crippen molar-refractivity contribution in [1.29, 1.82) is 0 Å². The second-order valence-corrected chi connectivity index (χ2v) is 8.86. The van der Waals surface area contributed by atoms with E-state index in [-0.39, 0.29) is 16.6 Å². The first-order valence-corrected chi connectivity index (χ1v) is 11.2. The molecule has 0 aromatic heterocycles. The summed E-state index contributed by atoms with van der Waals surface area (Å²) in [6.45, 7) is 0.274. The Kier molecular flexibility index (Phi) is 11.8. The highest BCUT2D eigenvalue weighted by Gasteiger charge is 2.55. The van der Waals surface area contributed by atoms with E-state index >= 15 is 0 Å². The minimum Gasteiger partial charge on any atom is -0.376 e. The molecule has 0 spiro atoms. The summed E-state index contributed by atoms with van der Waals surface area (Å²) in [5, 5.41) is 14.5. The van der Waals surface area contributed by atoms with E-state index in [1.807, 2.05) is 0 Å². The number of aliphatic hydroxyl groups is 1. The van der Waals surface area contributed by atoms with Crippen molar-refractivity contribution in [1.82, 2.24) is 10.6 Å². The summed E-state index contributed by atoms with van der Waals surface area (Å²) < 4.78 is 75.3. The van der Waals surface area contributed by atoms with E-state index in [1.165, 1.54) is 31.3 Å². The van der Waals surface area contributed by atoms with Crippen molar-refractivity contribution in [3.05, 3.63) is 68.7 Å². The molecule has 5 N–H and O–H groups in total. The van der Waals surface area contributed by atoms with Gasteiger partial charge < -0.3 is 21.5 Å². The lowest BCUT2D eigenvalue weighted by molar-refractivity contribution is -0.270. The molecule has 2 atom stereocenters. The van der Waals surface area contributed by atoms with Gasteiger partial charge in [-0.3, -0.25) is 9.59 Å². The van der Waals surface area contributed by atoms with Crippen LogP contribution in [-0.4, -0.2) is 49.8 Å². The number of likely N-dealkylation sites (N-methyl/N-ethyl adjacent to an activating group) is 1. The van der Waals surface area contributed by atoms with Gasteiger partial charge in [-0.25, -0.2) is 0 Å². The number of carbonyl (C=O) groups excluding carboxylic acids is 2. The summed E-state index contributed by atoms with van der Waals surface area (Å²) in [4.78, 5) is 21.3. The topological polar surface area (TPSA) is 104 Å². The Morgan fingerprint density at radius 3 is 2.08 bits per heavy atom. The van der Waals surface area contributed by atoms with Gasteiger partial charge >= 0.3 is 12.4 Å². The van der Waals surface area contributed by atoms with E-state index < -0.39 is 48.4 Å². The van der Waals surface area contributed by atoms with E-state index in [1.54, 1.807) is 12.2 Å². The van der Waals surface area contributed by atoms with Gasteiger partial charge in [-0.05, 0) is 48.9 Å². The van der Waals surface area contributed by atoms with Crippen LogP contribution in [0.3, 0.4) is 0 Å². The molecule has 0 aliphatic carbocycles. The number of nitrogens with one attached hydrogen (secondary N) is 2. The molecular formula is C23H25Cl2F6N3O3. The highest BCUT2D eigenvalue weighted by Crippen LogP contribution is 2.45. The Labute approximate surface area is 219 Å². The fraction of sp³-hybridized carbons (Fsp3) is 0.391. The van der Waals surface area contributed by atoms with Crippen LogP contribution in [0.25, 0.3) is 0 Å². The number of amides is 1. The van der Waals surface area contributed by atoms with Gasteiger partial charge in [0.1, 0.15) is 12.8 Å². The molecule has 0 aliphatic rings. The number of nitrogens with two attached hydrogens (primary N) is 1. The molecule has 1 amide bonds. The highest BCUT2D eigenvalue weighted by atomic mass is 35.5. The normalized spacial score (nSPS) is 14.2. The third-order valence-corrected chi connectivity index (χ3v) is 5.43. The molecule has 2 unspecified atom stereocenters. The number of hydrogen-bond donors (Lipinski definition) is 4. The van der Waals surface area contributed by atoms with Gasteiger partial charge in [-0.15, -0.1) is 0 Å². The summed E-state index contributed by atoms with van der Waals surface area (Å²) in [6, 6.07) is 6.60. The summed E-state index contributed by atoms with van der Waals surface area (Å²) >= 11 is 11.6. The summed E-state index contributed by atoms with van der Waals surface area (Å²) in [5.74, 6) is -0.662. The maximum Gasteiger partial charge on any atom is 0.421 e. The fourth-order valence-electron chi connectivity index (χ4n) is 3.11. The molecule has 0 saturated carbocycles. The number of benzene rings is 2. The SMILES string of the molecule is CNCC(=O)NCC(F)(F)F.Cc1cc(C(N)CC(O)(c2cc(Cl)cc(Cl)c2)C(F)(F)F)ccc1C=O. The fourth-order valence-corrected chi connectivity index (χ4v) is 3.64. The molecule has 2 rings (SSSR count). The minimum atomic E-state index is -5.00. The highest BCUT2D eigenvalue weighted by molar-refractivity contribution is 6.34. The molecule has 0 saturated heterocycles. The van der Waals surface area contributed by atoms with E-state index in [0.29, 0.717) is 23.0 Å². The van der Waals surface area contributed by atoms with Crippen LogP contribution in [0.5, 0.6) is 0 Å². The van der Waals surface area contributed by atoms with Gasteiger partial charge in [-0.1, -0.05) is 41.4 Å². The quantitative estimate of drug-likeness (QED) is 0.266. The molecule has 37 heavy (non-hydrogen) atoms. The van der Waals surface area contributed by atoms with E-state index in [0.717, 1.165) is 12.1 Å². The van der Waals surface area contributed by atoms with Crippen LogP contribution in [0, 0.1) is 6.92 Å². The zero-order valence-corrected chi connectivity index (χ0v) is 21.1. The molecule has 0 heterocycles. The van der Waals surface area contributed by atoms with Crippen LogP contribution in [0.15, 0.2) is 36.4 Å². The molecule has 0 radical (unpaired) electrons. The third-order valence-electron chi connectivity index (χ3n) is 5.00. The second-order valence-electron chi connectivity index (χ2n) is 7.98. The Morgan fingerprint density at radius 1 is 1.08 bits per heavy atom. The number of halogens is 8. The van der Waals surface area contributed by atoms with Crippen LogP contribution >= 0.6 is 23.2 Å². The van der Waals surface area contributed by atoms with Gasteiger partial charge in [0, 0.05) is 28.1 Å². The van der Waals surface area contributed by atoms with Crippen molar-refractivity contribution >= 4 is 35.4 Å². The maximum atomic E-state index is 13.7. The molecule has 2 aromatic rings. The molecule has 0 bridgehead atoms. The van der Waals surface area contributed by atoms with Gasteiger partial charge in [0.25, 0.3) is 0 Å². The molecule has 2 aromatic carbocycles.